The van der Waals surface area contributed by atoms with Crippen molar-refractivity contribution in [2.45, 2.75) is 11.2 Å². The standard InChI is InChI=1S/C14H8Br2F4/c15-9(4-7-2-1-3-11(17)14(7)20)8-5-13(19)10(16)6-12(8)18/h1-3,5-6,9H,4H2. The molecule has 0 aromatic heterocycles. The molecular weight excluding hydrogens is 404 g/mol. The highest BCUT2D eigenvalue weighted by molar-refractivity contribution is 9.10. The Kier molecular flexibility index (Phi) is 4.86. The van der Waals surface area contributed by atoms with E-state index in [0.717, 1.165) is 18.2 Å². The lowest BCUT2D eigenvalue weighted by molar-refractivity contribution is 0.497. The van der Waals surface area contributed by atoms with E-state index in [1.807, 2.05) is 0 Å². The smallest absolute Gasteiger partial charge is 0.162 e. The van der Waals surface area contributed by atoms with Crippen LogP contribution in [0.15, 0.2) is 34.8 Å². The molecule has 0 saturated carbocycles. The van der Waals surface area contributed by atoms with Crippen molar-refractivity contribution in [3.63, 3.8) is 0 Å². The maximum absolute atomic E-state index is 13.8. The Morgan fingerprint density at radius 2 is 1.65 bits per heavy atom. The van der Waals surface area contributed by atoms with Gasteiger partial charge in [-0.15, -0.1) is 0 Å². The predicted molar refractivity (Wildman–Crippen MR) is 75.8 cm³/mol. The third-order valence-corrected chi connectivity index (χ3v) is 4.23. The van der Waals surface area contributed by atoms with Crippen LogP contribution in [0, 0.1) is 23.3 Å². The van der Waals surface area contributed by atoms with E-state index in [-0.39, 0.29) is 22.0 Å². The van der Waals surface area contributed by atoms with Gasteiger partial charge in [0.25, 0.3) is 0 Å². The fourth-order valence-electron chi connectivity index (χ4n) is 1.79. The summed E-state index contributed by atoms with van der Waals surface area (Å²) in [7, 11) is 0. The number of hydrogen-bond donors (Lipinski definition) is 0. The van der Waals surface area contributed by atoms with Crippen molar-refractivity contribution < 1.29 is 17.6 Å². The van der Waals surface area contributed by atoms with Gasteiger partial charge in [-0.05, 0) is 46.1 Å². The minimum Gasteiger partial charge on any atom is -0.207 e. The molecule has 106 valence electrons. The van der Waals surface area contributed by atoms with Gasteiger partial charge in [0, 0.05) is 10.4 Å². The molecule has 0 aliphatic heterocycles. The SMILES string of the molecule is Fc1cc(C(Br)Cc2cccc(F)c2F)c(F)cc1Br. The van der Waals surface area contributed by atoms with Crippen molar-refractivity contribution in [3.8, 4) is 0 Å². The molecule has 2 aromatic carbocycles. The first-order valence-electron chi connectivity index (χ1n) is 5.61. The summed E-state index contributed by atoms with van der Waals surface area (Å²) in [5, 5.41) is 0. The lowest BCUT2D eigenvalue weighted by atomic mass is 10.0. The summed E-state index contributed by atoms with van der Waals surface area (Å²) in [6, 6.07) is 5.80. The molecule has 1 atom stereocenters. The molecular formula is C14H8Br2F4. The normalized spacial score (nSPS) is 12.5. The van der Waals surface area contributed by atoms with Crippen molar-refractivity contribution in [1.29, 1.82) is 0 Å². The average molecular weight is 412 g/mol. The first-order valence-corrected chi connectivity index (χ1v) is 7.32. The van der Waals surface area contributed by atoms with Gasteiger partial charge in [-0.25, -0.2) is 17.6 Å². The molecule has 0 fully saturated rings. The minimum absolute atomic E-state index is 0.00157. The Labute approximate surface area is 130 Å². The van der Waals surface area contributed by atoms with Crippen LogP contribution >= 0.6 is 31.9 Å². The van der Waals surface area contributed by atoms with Crippen LogP contribution in [0.25, 0.3) is 0 Å². The van der Waals surface area contributed by atoms with E-state index in [1.54, 1.807) is 0 Å². The highest BCUT2D eigenvalue weighted by atomic mass is 79.9. The minimum atomic E-state index is -0.977. The second-order valence-electron chi connectivity index (χ2n) is 4.17. The Balaban J connectivity index is 2.31. The van der Waals surface area contributed by atoms with Gasteiger partial charge in [-0.3, -0.25) is 0 Å². The summed E-state index contributed by atoms with van der Waals surface area (Å²) < 4.78 is 53.9. The molecule has 0 aliphatic rings. The number of alkyl halides is 1. The fraction of sp³-hybridized carbons (Fsp3) is 0.143. The van der Waals surface area contributed by atoms with E-state index in [4.69, 9.17) is 0 Å². The molecule has 0 bridgehead atoms. The zero-order chi connectivity index (χ0) is 14.9. The van der Waals surface area contributed by atoms with Crippen LogP contribution in [0.3, 0.4) is 0 Å². The van der Waals surface area contributed by atoms with Gasteiger partial charge < -0.3 is 0 Å². The Morgan fingerprint density at radius 3 is 2.35 bits per heavy atom. The number of benzene rings is 2. The van der Waals surface area contributed by atoms with Crippen LogP contribution in [0.5, 0.6) is 0 Å². The third-order valence-electron chi connectivity index (χ3n) is 2.81. The number of halogens is 6. The molecule has 0 spiro atoms. The second kappa shape index (κ2) is 6.26. The summed E-state index contributed by atoms with van der Waals surface area (Å²) in [5.41, 5.74) is 0.143. The third kappa shape index (κ3) is 3.23. The Bertz CT molecular complexity index is 643. The van der Waals surface area contributed by atoms with Crippen LogP contribution in [0.2, 0.25) is 0 Å². The van der Waals surface area contributed by atoms with Crippen molar-refractivity contribution in [3.05, 3.63) is 69.2 Å². The first-order chi connectivity index (χ1) is 9.40. The van der Waals surface area contributed by atoms with E-state index in [2.05, 4.69) is 31.9 Å². The van der Waals surface area contributed by atoms with E-state index in [0.29, 0.717) is 0 Å². The van der Waals surface area contributed by atoms with Crippen LogP contribution < -0.4 is 0 Å². The largest absolute Gasteiger partial charge is 0.207 e. The van der Waals surface area contributed by atoms with E-state index >= 15 is 0 Å². The average Bonchev–Trinajstić information content (AvgIpc) is 2.39. The summed E-state index contributed by atoms with van der Waals surface area (Å²) >= 11 is 6.06. The van der Waals surface area contributed by atoms with Gasteiger partial charge in [0.2, 0.25) is 0 Å². The van der Waals surface area contributed by atoms with Gasteiger partial charge in [0.1, 0.15) is 11.6 Å². The maximum Gasteiger partial charge on any atom is 0.162 e. The lowest BCUT2D eigenvalue weighted by Gasteiger charge is -2.13. The van der Waals surface area contributed by atoms with E-state index in [1.165, 1.54) is 12.1 Å². The first kappa shape index (κ1) is 15.5. The van der Waals surface area contributed by atoms with Crippen molar-refractivity contribution >= 4 is 31.9 Å². The van der Waals surface area contributed by atoms with Gasteiger partial charge >= 0.3 is 0 Å². The number of rotatable bonds is 3. The molecule has 2 rings (SSSR count). The maximum atomic E-state index is 13.8. The van der Waals surface area contributed by atoms with E-state index < -0.39 is 28.1 Å². The van der Waals surface area contributed by atoms with Gasteiger partial charge in [-0.1, -0.05) is 28.1 Å². The molecule has 0 heterocycles. The molecule has 2 aromatic rings. The molecule has 1 unspecified atom stereocenters. The zero-order valence-corrected chi connectivity index (χ0v) is 13.1. The second-order valence-corrected chi connectivity index (χ2v) is 6.13. The van der Waals surface area contributed by atoms with E-state index in [9.17, 15) is 17.6 Å². The molecule has 6 heteroatoms. The summed E-state index contributed by atoms with van der Waals surface area (Å²) in [6.45, 7) is 0. The Morgan fingerprint density at radius 1 is 0.950 bits per heavy atom. The quantitative estimate of drug-likeness (QED) is 0.346. The molecule has 20 heavy (non-hydrogen) atoms. The summed E-state index contributed by atoms with van der Waals surface area (Å²) in [4.78, 5) is -0.665. The highest BCUT2D eigenvalue weighted by Gasteiger charge is 2.18. The molecule has 0 nitrogen and oxygen atoms in total. The molecule has 0 N–H and O–H groups in total. The van der Waals surface area contributed by atoms with Crippen molar-refractivity contribution in [2.24, 2.45) is 0 Å². The topological polar surface area (TPSA) is 0 Å². The van der Waals surface area contributed by atoms with Crippen LogP contribution in [0.1, 0.15) is 16.0 Å². The monoisotopic (exact) mass is 410 g/mol. The summed E-state index contributed by atoms with van der Waals surface area (Å²) in [6.07, 6.45) is 0.00157. The van der Waals surface area contributed by atoms with Crippen LogP contribution in [0.4, 0.5) is 17.6 Å². The Hall–Kier alpha value is -0.880. The lowest BCUT2D eigenvalue weighted by Crippen LogP contribution is -2.03. The molecule has 0 amide bonds. The van der Waals surface area contributed by atoms with Gasteiger partial charge in [0.05, 0.1) is 4.47 Å². The number of hydrogen-bond acceptors (Lipinski definition) is 0. The van der Waals surface area contributed by atoms with Crippen molar-refractivity contribution in [1.82, 2.24) is 0 Å². The summed E-state index contributed by atoms with van der Waals surface area (Å²) in [5.74, 6) is -3.19. The fourth-order valence-corrected chi connectivity index (χ4v) is 2.80. The highest BCUT2D eigenvalue weighted by Crippen LogP contribution is 2.32. The predicted octanol–water partition coefficient (Wildman–Crippen LogP) is 5.68. The van der Waals surface area contributed by atoms with Gasteiger partial charge in [0.15, 0.2) is 11.6 Å². The van der Waals surface area contributed by atoms with Crippen LogP contribution in [-0.2, 0) is 6.42 Å². The zero-order valence-electron chi connectivity index (χ0n) is 9.94. The molecule has 0 aliphatic carbocycles. The molecule has 0 radical (unpaired) electrons. The van der Waals surface area contributed by atoms with Crippen LogP contribution in [-0.4, -0.2) is 0 Å². The molecule has 0 saturated heterocycles. The van der Waals surface area contributed by atoms with Gasteiger partial charge in [-0.2, -0.15) is 0 Å². The van der Waals surface area contributed by atoms with Crippen molar-refractivity contribution in [2.75, 3.05) is 0 Å².